The molecule has 1 unspecified atom stereocenters. The monoisotopic (exact) mass is 287 g/mol. The number of carbonyl (C=O) groups is 1. The highest BCUT2D eigenvalue weighted by Gasteiger charge is 2.16. The van der Waals surface area contributed by atoms with Crippen LogP contribution in [-0.4, -0.2) is 61.4 Å². The van der Waals surface area contributed by atoms with Gasteiger partial charge in [0, 0.05) is 33.3 Å². The Balaban J connectivity index is 2.79. The molecule has 0 fully saturated rings. The second-order valence-corrected chi connectivity index (χ2v) is 4.50. The zero-order valence-corrected chi connectivity index (χ0v) is 11.9. The van der Waals surface area contributed by atoms with Crippen molar-refractivity contribution in [2.45, 2.75) is 6.10 Å². The van der Waals surface area contributed by atoms with Crippen molar-refractivity contribution in [3.05, 3.63) is 22.8 Å². The number of carbonyl (C=O) groups excluding carboxylic acids is 1. The van der Waals surface area contributed by atoms with Gasteiger partial charge in [-0.2, -0.15) is 0 Å². The van der Waals surface area contributed by atoms with Crippen LogP contribution >= 0.6 is 11.6 Å². The second-order valence-electron chi connectivity index (χ2n) is 4.11. The van der Waals surface area contributed by atoms with Gasteiger partial charge in [0.05, 0.1) is 12.7 Å². The van der Waals surface area contributed by atoms with E-state index in [1.807, 2.05) is 0 Å². The van der Waals surface area contributed by atoms with E-state index in [1.54, 1.807) is 20.2 Å². The zero-order valence-electron chi connectivity index (χ0n) is 11.2. The lowest BCUT2D eigenvalue weighted by Gasteiger charge is -2.20. The highest BCUT2D eigenvalue weighted by molar-refractivity contribution is 6.29. The van der Waals surface area contributed by atoms with Gasteiger partial charge < -0.3 is 20.1 Å². The number of halogens is 1. The number of aliphatic hydroxyl groups excluding tert-OH is 1. The molecule has 6 nitrogen and oxygen atoms in total. The molecule has 7 heteroatoms. The molecule has 0 aliphatic heterocycles. The fraction of sp³-hybridized carbons (Fsp3) is 0.500. The predicted molar refractivity (Wildman–Crippen MR) is 73.6 cm³/mol. The van der Waals surface area contributed by atoms with Crippen LogP contribution in [0.2, 0.25) is 5.15 Å². The number of aliphatic hydroxyl groups is 1. The molecule has 1 aromatic rings. The number of nitrogens with one attached hydrogen (secondary N) is 1. The van der Waals surface area contributed by atoms with Gasteiger partial charge in [-0.3, -0.25) is 4.79 Å². The largest absolute Gasteiger partial charge is 0.389 e. The summed E-state index contributed by atoms with van der Waals surface area (Å²) in [7, 11) is 4.79. The van der Waals surface area contributed by atoms with Crippen molar-refractivity contribution in [3.8, 4) is 0 Å². The normalized spacial score (nSPS) is 12.1. The Bertz CT molecular complexity index is 442. The summed E-state index contributed by atoms with van der Waals surface area (Å²) in [4.78, 5) is 17.6. The molecule has 1 amide bonds. The summed E-state index contributed by atoms with van der Waals surface area (Å²) in [5, 5.41) is 12.7. The number of amides is 1. The molecule has 0 spiro atoms. The molecule has 19 heavy (non-hydrogen) atoms. The van der Waals surface area contributed by atoms with Crippen LogP contribution in [0.4, 0.5) is 5.82 Å². The molecule has 0 radical (unpaired) electrons. The van der Waals surface area contributed by atoms with E-state index in [9.17, 15) is 9.90 Å². The molecule has 0 aliphatic rings. The number of methoxy groups -OCH3 is 1. The van der Waals surface area contributed by atoms with Gasteiger partial charge in [0.2, 0.25) is 0 Å². The van der Waals surface area contributed by atoms with Crippen molar-refractivity contribution >= 4 is 23.3 Å². The minimum Gasteiger partial charge on any atom is -0.389 e. The Morgan fingerprint density at radius 2 is 2.32 bits per heavy atom. The number of rotatable bonds is 6. The third kappa shape index (κ3) is 4.66. The molecule has 0 saturated heterocycles. The second kappa shape index (κ2) is 7.28. The van der Waals surface area contributed by atoms with Crippen molar-refractivity contribution in [3.63, 3.8) is 0 Å². The van der Waals surface area contributed by atoms with Crippen molar-refractivity contribution in [2.75, 3.05) is 39.7 Å². The van der Waals surface area contributed by atoms with Crippen molar-refractivity contribution in [1.29, 1.82) is 0 Å². The SMILES string of the molecule is CNc1cc(C(=O)N(C)CC(O)COC)cc(Cl)n1. The van der Waals surface area contributed by atoms with Crippen LogP contribution in [-0.2, 0) is 4.74 Å². The van der Waals surface area contributed by atoms with E-state index in [0.29, 0.717) is 11.4 Å². The van der Waals surface area contributed by atoms with E-state index in [2.05, 4.69) is 10.3 Å². The van der Waals surface area contributed by atoms with Gasteiger partial charge in [0.1, 0.15) is 11.0 Å². The van der Waals surface area contributed by atoms with E-state index >= 15 is 0 Å². The molecule has 0 aromatic carbocycles. The Morgan fingerprint density at radius 1 is 1.63 bits per heavy atom. The summed E-state index contributed by atoms with van der Waals surface area (Å²) >= 11 is 5.84. The maximum atomic E-state index is 12.2. The van der Waals surface area contributed by atoms with Gasteiger partial charge in [-0.15, -0.1) is 0 Å². The van der Waals surface area contributed by atoms with Gasteiger partial charge in [-0.1, -0.05) is 11.6 Å². The summed E-state index contributed by atoms with van der Waals surface area (Å²) in [6, 6.07) is 3.09. The third-order valence-electron chi connectivity index (χ3n) is 2.49. The van der Waals surface area contributed by atoms with Crippen LogP contribution in [0.15, 0.2) is 12.1 Å². The highest BCUT2D eigenvalue weighted by Crippen LogP contribution is 2.15. The molecule has 2 N–H and O–H groups in total. The summed E-state index contributed by atoms with van der Waals surface area (Å²) in [6.45, 7) is 0.359. The number of hydrogen-bond acceptors (Lipinski definition) is 5. The Labute approximate surface area is 117 Å². The molecular weight excluding hydrogens is 270 g/mol. The number of aromatic nitrogens is 1. The van der Waals surface area contributed by atoms with Gasteiger partial charge in [-0.05, 0) is 12.1 Å². The lowest BCUT2D eigenvalue weighted by Crippen LogP contribution is -2.36. The standard InChI is InChI=1S/C12H18ClN3O3/c1-14-11-5-8(4-10(13)15-11)12(18)16(2)6-9(17)7-19-3/h4-5,9,17H,6-7H2,1-3H3,(H,14,15). The first-order chi connectivity index (χ1) is 8.97. The first-order valence-electron chi connectivity index (χ1n) is 5.75. The number of nitrogens with zero attached hydrogens (tertiary/aromatic N) is 2. The van der Waals surface area contributed by atoms with Crippen molar-refractivity contribution in [1.82, 2.24) is 9.88 Å². The maximum Gasteiger partial charge on any atom is 0.253 e. The molecule has 1 heterocycles. The molecular formula is C12H18ClN3O3. The van der Waals surface area contributed by atoms with E-state index in [1.165, 1.54) is 18.1 Å². The maximum absolute atomic E-state index is 12.2. The Morgan fingerprint density at radius 3 is 2.89 bits per heavy atom. The molecule has 1 aromatic heterocycles. The average Bonchev–Trinajstić information content (AvgIpc) is 2.37. The number of likely N-dealkylation sites (N-methyl/N-ethyl adjacent to an activating group) is 1. The van der Waals surface area contributed by atoms with Crippen LogP contribution in [0.3, 0.4) is 0 Å². The van der Waals surface area contributed by atoms with Gasteiger partial charge in [-0.25, -0.2) is 4.98 Å². The summed E-state index contributed by atoms with van der Waals surface area (Å²) in [5.74, 6) is 0.276. The van der Waals surface area contributed by atoms with Gasteiger partial charge in [0.25, 0.3) is 5.91 Å². The first-order valence-corrected chi connectivity index (χ1v) is 6.13. The van der Waals surface area contributed by atoms with Crippen LogP contribution in [0.1, 0.15) is 10.4 Å². The fourth-order valence-electron chi connectivity index (χ4n) is 1.61. The number of anilines is 1. The van der Waals surface area contributed by atoms with Gasteiger partial charge >= 0.3 is 0 Å². The fourth-order valence-corrected chi connectivity index (χ4v) is 1.82. The van der Waals surface area contributed by atoms with Crippen LogP contribution in [0.5, 0.6) is 0 Å². The third-order valence-corrected chi connectivity index (χ3v) is 2.68. The Hall–Kier alpha value is -1.37. The average molecular weight is 288 g/mol. The van der Waals surface area contributed by atoms with Crippen molar-refractivity contribution in [2.24, 2.45) is 0 Å². The lowest BCUT2D eigenvalue weighted by molar-refractivity contribution is 0.0380. The zero-order chi connectivity index (χ0) is 14.4. The van der Waals surface area contributed by atoms with Crippen LogP contribution < -0.4 is 5.32 Å². The van der Waals surface area contributed by atoms with E-state index in [4.69, 9.17) is 16.3 Å². The Kier molecular flexibility index (Phi) is 6.01. The summed E-state index contributed by atoms with van der Waals surface area (Å²) in [6.07, 6.45) is -0.722. The van der Waals surface area contributed by atoms with Gasteiger partial charge in [0.15, 0.2) is 0 Å². The lowest BCUT2D eigenvalue weighted by atomic mass is 10.2. The molecule has 0 bridgehead atoms. The number of pyridine rings is 1. The smallest absolute Gasteiger partial charge is 0.253 e. The minimum absolute atomic E-state index is 0.177. The van der Waals surface area contributed by atoms with Crippen LogP contribution in [0.25, 0.3) is 0 Å². The first kappa shape index (κ1) is 15.7. The quantitative estimate of drug-likeness (QED) is 0.759. The number of ether oxygens (including phenoxy) is 1. The molecule has 1 atom stereocenters. The van der Waals surface area contributed by atoms with Crippen LogP contribution in [0, 0.1) is 0 Å². The van der Waals surface area contributed by atoms with Crippen molar-refractivity contribution < 1.29 is 14.6 Å². The summed E-state index contributed by atoms with van der Waals surface area (Å²) in [5.41, 5.74) is 0.413. The number of hydrogen-bond donors (Lipinski definition) is 2. The van der Waals surface area contributed by atoms with E-state index in [0.717, 1.165) is 0 Å². The molecule has 0 aliphatic carbocycles. The highest BCUT2D eigenvalue weighted by atomic mass is 35.5. The van der Waals surface area contributed by atoms with E-state index in [-0.39, 0.29) is 24.2 Å². The molecule has 0 saturated carbocycles. The predicted octanol–water partition coefficient (Wildman–Crippen LogP) is 0.856. The van der Waals surface area contributed by atoms with E-state index < -0.39 is 6.10 Å². The molecule has 106 valence electrons. The summed E-state index contributed by atoms with van der Waals surface area (Å²) < 4.78 is 4.82. The molecule has 1 rings (SSSR count). The minimum atomic E-state index is -0.722. The topological polar surface area (TPSA) is 74.7 Å².